The molecule has 0 amide bonds. The molecule has 1 atom stereocenters. The van der Waals surface area contributed by atoms with Crippen LogP contribution in [-0.4, -0.2) is 12.3 Å². The molecular formula is C12H23N. The van der Waals surface area contributed by atoms with Crippen LogP contribution in [0.3, 0.4) is 0 Å². The highest BCUT2D eigenvalue weighted by molar-refractivity contribution is 5.60. The van der Waals surface area contributed by atoms with E-state index in [-0.39, 0.29) is 0 Å². The Hall–Kier alpha value is -0.330. The fraction of sp³-hybridized carbons (Fsp3) is 0.917. The van der Waals surface area contributed by atoms with Gasteiger partial charge < -0.3 is 0 Å². The van der Waals surface area contributed by atoms with Gasteiger partial charge in [0.1, 0.15) is 0 Å². The molecule has 0 N–H and O–H groups in total. The summed E-state index contributed by atoms with van der Waals surface area (Å²) in [7, 11) is 0. The Kier molecular flexibility index (Phi) is 5.10. The molecule has 0 saturated heterocycles. The van der Waals surface area contributed by atoms with Gasteiger partial charge in [0.15, 0.2) is 0 Å². The Morgan fingerprint density at radius 1 is 1.31 bits per heavy atom. The van der Waals surface area contributed by atoms with Gasteiger partial charge in [0.2, 0.25) is 0 Å². The smallest absolute Gasteiger partial charge is 0.0495 e. The fourth-order valence-corrected chi connectivity index (χ4v) is 2.03. The molecule has 1 saturated carbocycles. The van der Waals surface area contributed by atoms with Gasteiger partial charge in [-0.2, -0.15) is 0 Å². The van der Waals surface area contributed by atoms with E-state index in [4.69, 9.17) is 0 Å². The molecule has 1 rings (SSSR count). The van der Waals surface area contributed by atoms with Crippen molar-refractivity contribution in [3.8, 4) is 0 Å². The lowest BCUT2D eigenvalue weighted by atomic mass is 9.96. The molecule has 1 aliphatic rings. The van der Waals surface area contributed by atoms with E-state index in [1.165, 1.54) is 44.9 Å². The fourth-order valence-electron chi connectivity index (χ4n) is 2.03. The van der Waals surface area contributed by atoms with Crippen LogP contribution in [0.4, 0.5) is 0 Å². The minimum Gasteiger partial charge on any atom is -0.294 e. The monoisotopic (exact) mass is 181 g/mol. The lowest BCUT2D eigenvalue weighted by molar-refractivity contribution is 0.442. The molecule has 0 radical (unpaired) electrons. The first-order valence-electron chi connectivity index (χ1n) is 5.86. The van der Waals surface area contributed by atoms with Gasteiger partial charge in [-0.3, -0.25) is 4.99 Å². The molecule has 0 heterocycles. The molecule has 1 fully saturated rings. The molecule has 13 heavy (non-hydrogen) atoms. The second kappa shape index (κ2) is 6.17. The average Bonchev–Trinajstić information content (AvgIpc) is 2.17. The van der Waals surface area contributed by atoms with E-state index in [0.717, 1.165) is 0 Å². The zero-order chi connectivity index (χ0) is 9.52. The average molecular weight is 181 g/mol. The van der Waals surface area contributed by atoms with Gasteiger partial charge in [-0.15, -0.1) is 0 Å². The lowest BCUT2D eigenvalue weighted by Crippen LogP contribution is -2.10. The van der Waals surface area contributed by atoms with E-state index < -0.39 is 0 Å². The van der Waals surface area contributed by atoms with Crippen molar-refractivity contribution >= 4 is 6.21 Å². The van der Waals surface area contributed by atoms with Crippen molar-refractivity contribution in [2.24, 2.45) is 10.9 Å². The first kappa shape index (κ1) is 10.7. The third-order valence-electron chi connectivity index (χ3n) is 2.87. The van der Waals surface area contributed by atoms with Crippen LogP contribution in [0.1, 0.15) is 58.8 Å². The van der Waals surface area contributed by atoms with Crippen molar-refractivity contribution in [3.63, 3.8) is 0 Å². The highest BCUT2D eigenvalue weighted by atomic mass is 14.8. The molecule has 0 aliphatic heterocycles. The molecule has 0 aromatic heterocycles. The summed E-state index contributed by atoms with van der Waals surface area (Å²) >= 11 is 0. The minimum absolute atomic E-state index is 0.660. The van der Waals surface area contributed by atoms with Gasteiger partial charge >= 0.3 is 0 Å². The Bertz CT molecular complexity index is 145. The predicted octanol–water partition coefficient (Wildman–Crippen LogP) is 3.83. The molecule has 1 unspecified atom stereocenters. The van der Waals surface area contributed by atoms with E-state index in [1.54, 1.807) is 0 Å². The van der Waals surface area contributed by atoms with Gasteiger partial charge in [0.05, 0.1) is 0 Å². The summed E-state index contributed by atoms with van der Waals surface area (Å²) in [6, 6.07) is 0.660. The van der Waals surface area contributed by atoms with Crippen LogP contribution in [-0.2, 0) is 0 Å². The SMILES string of the molecule is CCCC(C)C=NC1CCCCC1. The quantitative estimate of drug-likeness (QED) is 0.585. The maximum absolute atomic E-state index is 4.68. The minimum atomic E-state index is 0.660. The summed E-state index contributed by atoms with van der Waals surface area (Å²) in [4.78, 5) is 4.68. The lowest BCUT2D eigenvalue weighted by Gasteiger charge is -2.17. The highest BCUT2D eigenvalue weighted by Gasteiger charge is 2.10. The molecule has 0 aromatic rings. The van der Waals surface area contributed by atoms with E-state index in [9.17, 15) is 0 Å². The maximum atomic E-state index is 4.68. The standard InChI is InChI=1S/C12H23N/c1-3-7-11(2)10-13-12-8-5-4-6-9-12/h10-12H,3-9H2,1-2H3. The number of aliphatic imine (C=N–C) groups is 1. The second-order valence-electron chi connectivity index (χ2n) is 4.36. The summed E-state index contributed by atoms with van der Waals surface area (Å²) in [5, 5.41) is 0. The van der Waals surface area contributed by atoms with Gasteiger partial charge in [-0.05, 0) is 25.2 Å². The van der Waals surface area contributed by atoms with E-state index in [2.05, 4.69) is 25.1 Å². The number of hydrogen-bond acceptors (Lipinski definition) is 1. The summed E-state index contributed by atoms with van der Waals surface area (Å²) in [6.07, 6.45) is 11.6. The number of rotatable bonds is 4. The van der Waals surface area contributed by atoms with Crippen molar-refractivity contribution in [2.75, 3.05) is 0 Å². The molecule has 0 spiro atoms. The number of nitrogens with zero attached hydrogens (tertiary/aromatic N) is 1. The van der Waals surface area contributed by atoms with Crippen LogP contribution in [0.2, 0.25) is 0 Å². The largest absolute Gasteiger partial charge is 0.294 e. The molecule has 0 aromatic carbocycles. The molecule has 76 valence electrons. The van der Waals surface area contributed by atoms with E-state index in [0.29, 0.717) is 12.0 Å². The van der Waals surface area contributed by atoms with Crippen LogP contribution < -0.4 is 0 Å². The Morgan fingerprint density at radius 3 is 2.62 bits per heavy atom. The predicted molar refractivity (Wildman–Crippen MR) is 59.4 cm³/mol. The van der Waals surface area contributed by atoms with Crippen molar-refractivity contribution < 1.29 is 0 Å². The molecule has 1 aliphatic carbocycles. The first-order chi connectivity index (χ1) is 6.33. The molecule has 0 bridgehead atoms. The summed E-state index contributed by atoms with van der Waals surface area (Å²) in [6.45, 7) is 4.51. The Balaban J connectivity index is 2.20. The number of hydrogen-bond donors (Lipinski definition) is 0. The summed E-state index contributed by atoms with van der Waals surface area (Å²) < 4.78 is 0. The highest BCUT2D eigenvalue weighted by Crippen LogP contribution is 2.20. The van der Waals surface area contributed by atoms with Gasteiger partial charge in [-0.25, -0.2) is 0 Å². The van der Waals surface area contributed by atoms with Crippen molar-refractivity contribution in [3.05, 3.63) is 0 Å². The maximum Gasteiger partial charge on any atom is 0.0495 e. The zero-order valence-electron chi connectivity index (χ0n) is 9.13. The van der Waals surface area contributed by atoms with Crippen LogP contribution in [0.15, 0.2) is 4.99 Å². The van der Waals surface area contributed by atoms with Gasteiger partial charge in [0, 0.05) is 12.3 Å². The van der Waals surface area contributed by atoms with Crippen LogP contribution in [0.5, 0.6) is 0 Å². The first-order valence-corrected chi connectivity index (χ1v) is 5.86. The zero-order valence-corrected chi connectivity index (χ0v) is 9.13. The summed E-state index contributed by atoms with van der Waals surface area (Å²) in [5.41, 5.74) is 0. The molecular weight excluding hydrogens is 158 g/mol. The normalized spacial score (nSPS) is 22.3. The topological polar surface area (TPSA) is 12.4 Å². The Labute approximate surface area is 82.6 Å². The Morgan fingerprint density at radius 2 is 2.00 bits per heavy atom. The third-order valence-corrected chi connectivity index (χ3v) is 2.87. The molecule has 1 heteroatoms. The van der Waals surface area contributed by atoms with Gasteiger partial charge in [-0.1, -0.05) is 39.5 Å². The second-order valence-corrected chi connectivity index (χ2v) is 4.36. The van der Waals surface area contributed by atoms with Crippen LogP contribution in [0.25, 0.3) is 0 Å². The summed E-state index contributed by atoms with van der Waals surface area (Å²) in [5.74, 6) is 0.687. The third kappa shape index (κ3) is 4.44. The van der Waals surface area contributed by atoms with Gasteiger partial charge in [0.25, 0.3) is 0 Å². The van der Waals surface area contributed by atoms with Crippen molar-refractivity contribution in [1.82, 2.24) is 0 Å². The molecule has 1 nitrogen and oxygen atoms in total. The van der Waals surface area contributed by atoms with Crippen molar-refractivity contribution in [1.29, 1.82) is 0 Å². The van der Waals surface area contributed by atoms with Crippen LogP contribution >= 0.6 is 0 Å². The van der Waals surface area contributed by atoms with E-state index >= 15 is 0 Å². The van der Waals surface area contributed by atoms with Crippen molar-refractivity contribution in [2.45, 2.75) is 64.8 Å². The van der Waals surface area contributed by atoms with Crippen LogP contribution in [0, 0.1) is 5.92 Å². The van der Waals surface area contributed by atoms with E-state index in [1.807, 2.05) is 0 Å².